The largest absolute Gasteiger partial charge is 0.244 e. The van der Waals surface area contributed by atoms with Crippen LogP contribution in [0.2, 0.25) is 0 Å². The predicted molar refractivity (Wildman–Crippen MR) is 139 cm³/mol. The molecule has 168 valence electrons. The van der Waals surface area contributed by atoms with Crippen LogP contribution in [0.15, 0.2) is 24.3 Å². The maximum absolute atomic E-state index is 5.46. The maximum atomic E-state index is 5.46. The molecule has 4 saturated carbocycles. The van der Waals surface area contributed by atoms with E-state index >= 15 is 0 Å². The molecule has 2 nitrogen and oxygen atoms in total. The Bertz CT molecular complexity index is 936. The molecular formula is C27H40N2P2. The van der Waals surface area contributed by atoms with Crippen LogP contribution in [0.25, 0.3) is 11.0 Å². The molecule has 0 amide bonds. The first kappa shape index (κ1) is 22.2. The summed E-state index contributed by atoms with van der Waals surface area (Å²) in [5.74, 6) is 2.96. The zero-order chi connectivity index (χ0) is 22.2. The lowest BCUT2D eigenvalue weighted by Crippen LogP contribution is -2.52. The summed E-state index contributed by atoms with van der Waals surface area (Å²) in [5.41, 5.74) is 4.96. The van der Waals surface area contributed by atoms with Crippen LogP contribution in [0.1, 0.15) is 80.1 Å². The number of benzene rings is 1. The minimum atomic E-state index is -0.463. The summed E-state index contributed by atoms with van der Waals surface area (Å²) in [6, 6.07) is 8.58. The number of hydrogen-bond acceptors (Lipinski definition) is 2. The van der Waals surface area contributed by atoms with Crippen LogP contribution in [0.5, 0.6) is 0 Å². The standard InChI is InChI=1S/C27H40N2P2/c1-25(2,3)31(26(4,5)6)24-23(28-21-10-8-9-11-22(21)29-24)30(7)27-15-18-12-19(16-27)14-20(13-18)17-27/h8-11,18-20H,12-17H2,1-7H3/t18?,19?,20?,27?,30-/m1/s1. The fraction of sp³-hybridized carbons (Fsp3) is 0.704. The van der Waals surface area contributed by atoms with Gasteiger partial charge in [0, 0.05) is 0 Å². The number of fused-ring (bicyclic) bond motifs is 1. The van der Waals surface area contributed by atoms with E-state index in [4.69, 9.17) is 9.97 Å². The molecule has 0 spiro atoms. The summed E-state index contributed by atoms with van der Waals surface area (Å²) < 4.78 is 0. The van der Waals surface area contributed by atoms with E-state index in [-0.39, 0.29) is 18.2 Å². The highest BCUT2D eigenvalue weighted by Gasteiger charge is 2.54. The van der Waals surface area contributed by atoms with Gasteiger partial charge >= 0.3 is 0 Å². The van der Waals surface area contributed by atoms with E-state index in [1.54, 1.807) is 0 Å². The number of nitrogens with zero attached hydrogens (tertiary/aromatic N) is 2. The summed E-state index contributed by atoms with van der Waals surface area (Å²) in [5, 5.41) is 0.932. The quantitative estimate of drug-likeness (QED) is 0.465. The lowest BCUT2D eigenvalue weighted by atomic mass is 9.56. The Hall–Kier alpha value is -0.580. The second-order valence-electron chi connectivity index (χ2n) is 12.7. The fourth-order valence-corrected chi connectivity index (χ4v) is 14.8. The van der Waals surface area contributed by atoms with Crippen LogP contribution < -0.4 is 10.9 Å². The first-order valence-electron chi connectivity index (χ1n) is 12.3. The Morgan fingerprint density at radius 1 is 0.742 bits per heavy atom. The van der Waals surface area contributed by atoms with Crippen molar-refractivity contribution in [1.82, 2.24) is 9.97 Å². The third-order valence-electron chi connectivity index (χ3n) is 8.12. The first-order valence-corrected chi connectivity index (χ1v) is 15.4. The van der Waals surface area contributed by atoms with Gasteiger partial charge in [0.2, 0.25) is 0 Å². The number of hydrogen-bond donors (Lipinski definition) is 0. The molecule has 31 heavy (non-hydrogen) atoms. The lowest BCUT2D eigenvalue weighted by Gasteiger charge is -2.59. The molecular weight excluding hydrogens is 414 g/mol. The smallest absolute Gasteiger partial charge is 0.0907 e. The topological polar surface area (TPSA) is 25.8 Å². The van der Waals surface area contributed by atoms with E-state index in [0.717, 1.165) is 28.8 Å². The summed E-state index contributed by atoms with van der Waals surface area (Å²) in [6.45, 7) is 17.1. The van der Waals surface area contributed by atoms with Gasteiger partial charge in [-0.1, -0.05) is 53.7 Å². The first-order chi connectivity index (χ1) is 14.5. The zero-order valence-corrected chi connectivity index (χ0v) is 22.4. The van der Waals surface area contributed by atoms with Crippen LogP contribution in [0.4, 0.5) is 0 Å². The molecule has 4 aliphatic carbocycles. The summed E-state index contributed by atoms with van der Waals surface area (Å²) >= 11 is 0. The average Bonchev–Trinajstić information content (AvgIpc) is 2.63. The summed E-state index contributed by atoms with van der Waals surface area (Å²) in [7, 11) is -0.791. The normalized spacial score (nSPS) is 31.5. The molecule has 0 radical (unpaired) electrons. The second kappa shape index (κ2) is 7.46. The zero-order valence-electron chi connectivity index (χ0n) is 20.6. The van der Waals surface area contributed by atoms with E-state index in [2.05, 4.69) is 72.5 Å². The van der Waals surface area contributed by atoms with Crippen molar-refractivity contribution in [3.63, 3.8) is 0 Å². The molecule has 1 heterocycles. The van der Waals surface area contributed by atoms with Crippen molar-refractivity contribution in [2.45, 2.75) is 95.5 Å². The van der Waals surface area contributed by atoms with Crippen molar-refractivity contribution in [3.05, 3.63) is 24.3 Å². The molecule has 4 fully saturated rings. The van der Waals surface area contributed by atoms with Gasteiger partial charge in [-0.2, -0.15) is 0 Å². The van der Waals surface area contributed by atoms with E-state index in [1.165, 1.54) is 49.4 Å². The third kappa shape index (κ3) is 3.89. The van der Waals surface area contributed by atoms with Gasteiger partial charge in [0.25, 0.3) is 0 Å². The Labute approximate surface area is 191 Å². The molecule has 1 aromatic heterocycles. The van der Waals surface area contributed by atoms with Gasteiger partial charge in [-0.25, -0.2) is 9.97 Å². The van der Waals surface area contributed by atoms with E-state index in [1.807, 2.05) is 0 Å². The number of rotatable bonds is 3. The molecule has 2 aromatic rings. The van der Waals surface area contributed by atoms with Gasteiger partial charge in [0.1, 0.15) is 0 Å². The Morgan fingerprint density at radius 3 is 1.58 bits per heavy atom. The van der Waals surface area contributed by atoms with Crippen molar-refractivity contribution < 1.29 is 0 Å². The van der Waals surface area contributed by atoms with Crippen molar-refractivity contribution in [1.29, 1.82) is 0 Å². The van der Waals surface area contributed by atoms with Crippen molar-refractivity contribution in [2.75, 3.05) is 6.66 Å². The lowest BCUT2D eigenvalue weighted by molar-refractivity contribution is 0.0362. The molecule has 0 unspecified atom stereocenters. The average molecular weight is 455 g/mol. The fourth-order valence-electron chi connectivity index (χ4n) is 7.70. The highest BCUT2D eigenvalue weighted by Crippen LogP contribution is 2.67. The van der Waals surface area contributed by atoms with Gasteiger partial charge in [-0.05, 0) is 106 Å². The summed E-state index contributed by atoms with van der Waals surface area (Å²) in [6.07, 6.45) is 8.90. The SMILES string of the molecule is C[P@](c1nc2ccccc2nc1P(C(C)(C)C)C(C)(C)C)C12CC3CC(CC(C3)C1)C2. The van der Waals surface area contributed by atoms with Crippen molar-refractivity contribution in [3.8, 4) is 0 Å². The van der Waals surface area contributed by atoms with Gasteiger partial charge < -0.3 is 0 Å². The molecule has 1 aromatic carbocycles. The van der Waals surface area contributed by atoms with Crippen LogP contribution >= 0.6 is 15.8 Å². The third-order valence-corrected chi connectivity index (χ3v) is 14.6. The highest BCUT2D eigenvalue weighted by atomic mass is 31.1. The van der Waals surface area contributed by atoms with Crippen molar-refractivity contribution >= 4 is 37.7 Å². The maximum Gasteiger partial charge on any atom is 0.0907 e. The van der Waals surface area contributed by atoms with E-state index < -0.39 is 7.92 Å². The number of para-hydroxylation sites is 2. The Morgan fingerprint density at radius 2 is 1.16 bits per heavy atom. The van der Waals surface area contributed by atoms with Crippen LogP contribution in [0.3, 0.4) is 0 Å². The van der Waals surface area contributed by atoms with Gasteiger partial charge in [-0.3, -0.25) is 0 Å². The second-order valence-corrected chi connectivity index (χ2v) is 19.0. The minimum absolute atomic E-state index is 0.205. The monoisotopic (exact) mass is 454 g/mol. The van der Waals surface area contributed by atoms with Gasteiger partial charge in [0.05, 0.1) is 21.9 Å². The molecule has 4 bridgehead atoms. The van der Waals surface area contributed by atoms with Crippen molar-refractivity contribution in [2.24, 2.45) is 17.8 Å². The molecule has 0 aliphatic heterocycles. The summed E-state index contributed by atoms with van der Waals surface area (Å²) in [4.78, 5) is 10.9. The predicted octanol–water partition coefficient (Wildman–Crippen LogP) is 7.04. The molecule has 0 N–H and O–H groups in total. The van der Waals surface area contributed by atoms with Gasteiger partial charge in [0.15, 0.2) is 0 Å². The molecule has 0 saturated heterocycles. The van der Waals surface area contributed by atoms with Crippen LogP contribution in [-0.4, -0.2) is 32.1 Å². The van der Waals surface area contributed by atoms with Crippen LogP contribution in [0, 0.1) is 17.8 Å². The number of aromatic nitrogens is 2. The molecule has 4 aliphatic rings. The van der Waals surface area contributed by atoms with Gasteiger partial charge in [-0.15, -0.1) is 0 Å². The molecule has 4 heteroatoms. The Kier molecular flexibility index (Phi) is 5.35. The molecule has 6 rings (SSSR count). The van der Waals surface area contributed by atoms with E-state index in [9.17, 15) is 0 Å². The Balaban J connectivity index is 1.68. The molecule has 1 atom stereocenters. The van der Waals surface area contributed by atoms with E-state index in [0.29, 0.717) is 5.16 Å². The highest BCUT2D eigenvalue weighted by molar-refractivity contribution is 7.73. The van der Waals surface area contributed by atoms with Crippen LogP contribution in [-0.2, 0) is 0 Å². The minimum Gasteiger partial charge on any atom is -0.244 e.